The number of nitrogens with one attached hydrogen (secondary N) is 1. The molecule has 0 aromatic heterocycles. The van der Waals surface area contributed by atoms with Crippen LogP contribution in [0.2, 0.25) is 0 Å². The van der Waals surface area contributed by atoms with Crippen molar-refractivity contribution in [2.75, 3.05) is 18.0 Å². The first kappa shape index (κ1) is 15.2. The average Bonchev–Trinajstić information content (AvgIpc) is 2.44. The van der Waals surface area contributed by atoms with Crippen LogP contribution in [0.25, 0.3) is 0 Å². The average molecular weight is 282 g/mol. The lowest BCUT2D eigenvalue weighted by Gasteiger charge is -2.42. The molecule has 0 amide bonds. The van der Waals surface area contributed by atoms with Gasteiger partial charge in [-0.2, -0.15) is 0 Å². The Morgan fingerprint density at radius 1 is 1.40 bits per heavy atom. The van der Waals surface area contributed by atoms with E-state index in [9.17, 15) is 8.78 Å². The number of nitrogens with zero attached hydrogens (tertiary/aromatic N) is 1. The smallest absolute Gasteiger partial charge is 0.152 e. The van der Waals surface area contributed by atoms with Gasteiger partial charge in [0, 0.05) is 25.2 Å². The summed E-state index contributed by atoms with van der Waals surface area (Å²) in [6, 6.07) is 3.21. The summed E-state index contributed by atoms with van der Waals surface area (Å²) in [5.74, 6) is -0.410. The Labute approximate surface area is 120 Å². The number of hydrogen-bond donors (Lipinski definition) is 1. The highest BCUT2D eigenvalue weighted by molar-refractivity contribution is 5.53. The van der Waals surface area contributed by atoms with E-state index in [1.807, 2.05) is 11.8 Å². The normalized spacial score (nSPS) is 24.8. The lowest BCUT2D eigenvalue weighted by molar-refractivity contribution is 0.312. The minimum Gasteiger partial charge on any atom is -0.361 e. The highest BCUT2D eigenvalue weighted by atomic mass is 19.1. The zero-order chi connectivity index (χ0) is 14.9. The van der Waals surface area contributed by atoms with Gasteiger partial charge in [0.15, 0.2) is 5.82 Å². The fraction of sp³-hybridized carbons (Fsp3) is 0.625. The van der Waals surface area contributed by atoms with Crippen molar-refractivity contribution in [2.45, 2.75) is 46.2 Å². The van der Waals surface area contributed by atoms with Crippen molar-refractivity contribution < 1.29 is 8.78 Å². The Balaban J connectivity index is 2.32. The number of aryl methyl sites for hydroxylation is 1. The van der Waals surface area contributed by atoms with E-state index in [4.69, 9.17) is 0 Å². The molecule has 1 heterocycles. The highest BCUT2D eigenvalue weighted by Gasteiger charge is 2.31. The molecule has 1 aliphatic heterocycles. The third-order valence-electron chi connectivity index (χ3n) is 4.48. The predicted octanol–water partition coefficient (Wildman–Crippen LogP) is 3.49. The lowest BCUT2D eigenvalue weighted by atomic mass is 9.95. The third-order valence-corrected chi connectivity index (χ3v) is 4.48. The molecule has 4 heteroatoms. The van der Waals surface area contributed by atoms with Crippen LogP contribution in [0.15, 0.2) is 12.1 Å². The maximum Gasteiger partial charge on any atom is 0.152 e. The Bertz CT molecular complexity index is 476. The van der Waals surface area contributed by atoms with Gasteiger partial charge in [0.1, 0.15) is 11.5 Å². The fourth-order valence-corrected chi connectivity index (χ4v) is 2.77. The molecule has 2 nitrogen and oxygen atoms in total. The first-order valence-electron chi connectivity index (χ1n) is 7.40. The van der Waals surface area contributed by atoms with E-state index in [0.29, 0.717) is 18.0 Å². The van der Waals surface area contributed by atoms with Crippen molar-refractivity contribution in [3.63, 3.8) is 0 Å². The topological polar surface area (TPSA) is 15.3 Å². The van der Waals surface area contributed by atoms with Gasteiger partial charge in [0.2, 0.25) is 0 Å². The van der Waals surface area contributed by atoms with Gasteiger partial charge in [0.05, 0.1) is 0 Å². The molecular formula is C16H24F2N2. The van der Waals surface area contributed by atoms with Crippen molar-refractivity contribution in [2.24, 2.45) is 5.92 Å². The van der Waals surface area contributed by atoms with Gasteiger partial charge in [0.25, 0.3) is 0 Å². The molecule has 1 aromatic carbocycles. The third kappa shape index (κ3) is 2.80. The van der Waals surface area contributed by atoms with Crippen LogP contribution in [0.5, 0.6) is 0 Å². The maximum absolute atomic E-state index is 14.3. The highest BCUT2D eigenvalue weighted by Crippen LogP contribution is 2.29. The molecule has 1 aromatic rings. The molecule has 1 N–H and O–H groups in total. The summed E-state index contributed by atoms with van der Waals surface area (Å²) >= 11 is 0. The monoisotopic (exact) mass is 282 g/mol. The standard InChI is InChI=1S/C16H24F2N2/c1-5-10(2)14-9-20(12(4)8-19-14)16-13(17)7-6-11(3)15(16)18/h6-7,10,12,14,19H,5,8-9H2,1-4H3. The van der Waals surface area contributed by atoms with Crippen molar-refractivity contribution in [1.82, 2.24) is 5.32 Å². The largest absolute Gasteiger partial charge is 0.361 e. The van der Waals surface area contributed by atoms with Gasteiger partial charge < -0.3 is 10.2 Å². The van der Waals surface area contributed by atoms with Gasteiger partial charge in [-0.3, -0.25) is 0 Å². The molecule has 0 spiro atoms. The molecule has 20 heavy (non-hydrogen) atoms. The molecule has 0 bridgehead atoms. The summed E-state index contributed by atoms with van der Waals surface area (Å²) in [5.41, 5.74) is 0.625. The number of anilines is 1. The molecule has 0 aliphatic carbocycles. The molecule has 3 atom stereocenters. The number of halogens is 2. The Morgan fingerprint density at radius 2 is 2.10 bits per heavy atom. The first-order chi connectivity index (χ1) is 9.45. The van der Waals surface area contributed by atoms with E-state index in [2.05, 4.69) is 19.2 Å². The van der Waals surface area contributed by atoms with Crippen LogP contribution in [0.1, 0.15) is 32.8 Å². The van der Waals surface area contributed by atoms with E-state index in [1.165, 1.54) is 12.1 Å². The molecule has 2 rings (SSSR count). The van der Waals surface area contributed by atoms with Crippen molar-refractivity contribution in [1.29, 1.82) is 0 Å². The zero-order valence-corrected chi connectivity index (χ0v) is 12.7. The number of piperazine rings is 1. The van der Waals surface area contributed by atoms with Crippen LogP contribution in [0.3, 0.4) is 0 Å². The second-order valence-corrected chi connectivity index (χ2v) is 5.93. The Kier molecular flexibility index (Phi) is 4.63. The molecule has 1 saturated heterocycles. The Hall–Kier alpha value is -1.16. The predicted molar refractivity (Wildman–Crippen MR) is 79.1 cm³/mol. The zero-order valence-electron chi connectivity index (χ0n) is 12.7. The van der Waals surface area contributed by atoms with E-state index < -0.39 is 11.6 Å². The quantitative estimate of drug-likeness (QED) is 0.913. The summed E-state index contributed by atoms with van der Waals surface area (Å²) < 4.78 is 28.4. The molecule has 1 fully saturated rings. The van der Waals surface area contributed by atoms with Gasteiger partial charge in [-0.25, -0.2) is 8.78 Å². The summed E-state index contributed by atoms with van der Waals surface area (Å²) in [6.45, 7) is 9.39. The van der Waals surface area contributed by atoms with Crippen LogP contribution in [0.4, 0.5) is 14.5 Å². The fourth-order valence-electron chi connectivity index (χ4n) is 2.77. The van der Waals surface area contributed by atoms with Gasteiger partial charge in [-0.15, -0.1) is 0 Å². The minimum absolute atomic E-state index is 0.0844. The van der Waals surface area contributed by atoms with Gasteiger partial charge >= 0.3 is 0 Å². The van der Waals surface area contributed by atoms with E-state index in [0.717, 1.165) is 13.0 Å². The van der Waals surface area contributed by atoms with Crippen LogP contribution in [-0.2, 0) is 0 Å². The molecule has 3 unspecified atom stereocenters. The summed E-state index contributed by atoms with van der Waals surface area (Å²) in [6.07, 6.45) is 1.05. The van der Waals surface area contributed by atoms with Crippen LogP contribution in [-0.4, -0.2) is 25.2 Å². The lowest BCUT2D eigenvalue weighted by Crippen LogP contribution is -2.58. The van der Waals surface area contributed by atoms with Gasteiger partial charge in [-0.1, -0.05) is 26.3 Å². The molecule has 112 valence electrons. The number of hydrogen-bond acceptors (Lipinski definition) is 2. The Morgan fingerprint density at radius 3 is 2.75 bits per heavy atom. The summed E-state index contributed by atoms with van der Waals surface area (Å²) in [7, 11) is 0. The van der Waals surface area contributed by atoms with E-state index in [-0.39, 0.29) is 17.8 Å². The SMILES string of the molecule is CCC(C)C1CN(c2c(F)ccc(C)c2F)C(C)CN1. The minimum atomic E-state index is -0.468. The van der Waals surface area contributed by atoms with Gasteiger partial charge in [-0.05, 0) is 31.4 Å². The second-order valence-electron chi connectivity index (χ2n) is 5.93. The van der Waals surface area contributed by atoms with E-state index >= 15 is 0 Å². The number of rotatable bonds is 3. The van der Waals surface area contributed by atoms with Crippen molar-refractivity contribution in [3.05, 3.63) is 29.3 Å². The maximum atomic E-state index is 14.3. The molecule has 1 aliphatic rings. The second kappa shape index (κ2) is 6.08. The van der Waals surface area contributed by atoms with Crippen LogP contribution >= 0.6 is 0 Å². The van der Waals surface area contributed by atoms with Crippen LogP contribution in [0, 0.1) is 24.5 Å². The first-order valence-corrected chi connectivity index (χ1v) is 7.40. The molecular weight excluding hydrogens is 258 g/mol. The number of benzene rings is 1. The van der Waals surface area contributed by atoms with Crippen LogP contribution < -0.4 is 10.2 Å². The van der Waals surface area contributed by atoms with Crippen molar-refractivity contribution in [3.8, 4) is 0 Å². The molecule has 0 saturated carbocycles. The molecule has 0 radical (unpaired) electrons. The summed E-state index contributed by atoms with van der Waals surface area (Å²) in [4.78, 5) is 1.88. The summed E-state index contributed by atoms with van der Waals surface area (Å²) in [5, 5.41) is 3.49. The van der Waals surface area contributed by atoms with Crippen molar-refractivity contribution >= 4 is 5.69 Å². The van der Waals surface area contributed by atoms with E-state index in [1.54, 1.807) is 6.92 Å².